The fourth-order valence-electron chi connectivity index (χ4n) is 7.50. The number of ketones is 1. The van der Waals surface area contributed by atoms with Crippen molar-refractivity contribution < 1.29 is 28.6 Å². The molecule has 6 rings (SSSR count). The fraction of sp³-hybridized carbons (Fsp3) is 0.605. The third-order valence-electron chi connectivity index (χ3n) is 10.4. The van der Waals surface area contributed by atoms with Crippen molar-refractivity contribution in [3.8, 4) is 11.6 Å². The number of hydrogen-bond acceptors (Lipinski definition) is 11. The van der Waals surface area contributed by atoms with Crippen molar-refractivity contribution >= 4 is 34.8 Å². The van der Waals surface area contributed by atoms with Crippen LogP contribution in [0.25, 0.3) is 11.0 Å². The van der Waals surface area contributed by atoms with Crippen LogP contribution >= 0.6 is 0 Å². The molecule has 0 radical (unpaired) electrons. The Labute approximate surface area is 299 Å². The van der Waals surface area contributed by atoms with Gasteiger partial charge in [-0.05, 0) is 69.6 Å². The maximum absolute atomic E-state index is 14.4. The highest BCUT2D eigenvalue weighted by molar-refractivity contribution is 5.92. The van der Waals surface area contributed by atoms with Gasteiger partial charge in [-0.1, -0.05) is 40.5 Å². The molecule has 3 aliphatic rings. The molecule has 13 heteroatoms. The number of fused-ring (bicyclic) bond motifs is 5. The van der Waals surface area contributed by atoms with Crippen LogP contribution < -0.4 is 20.1 Å². The molecule has 2 N–H and O–H groups in total. The van der Waals surface area contributed by atoms with E-state index in [9.17, 15) is 14.4 Å². The lowest BCUT2D eigenvalue weighted by Gasteiger charge is -2.35. The molecule has 274 valence electrons. The number of carbonyl (C=O) groups is 3. The largest absolute Gasteiger partial charge is 0.492 e. The summed E-state index contributed by atoms with van der Waals surface area (Å²) in [6, 6.07) is 5.78. The molecule has 2 aromatic heterocycles. The number of anilines is 1. The zero-order chi connectivity index (χ0) is 36.3. The number of nitrogens with zero attached hydrogens (tertiary/aromatic N) is 5. The summed E-state index contributed by atoms with van der Waals surface area (Å²) in [7, 11) is 0. The Kier molecular flexibility index (Phi) is 10.6. The Morgan fingerprint density at radius 1 is 1.12 bits per heavy atom. The molecule has 6 atom stereocenters. The van der Waals surface area contributed by atoms with Crippen molar-refractivity contribution in [3.63, 3.8) is 0 Å². The summed E-state index contributed by atoms with van der Waals surface area (Å²) in [4.78, 5) is 60.8. The first-order valence-electron chi connectivity index (χ1n) is 18.3. The second-order valence-corrected chi connectivity index (χ2v) is 15.4. The Hall–Kier alpha value is -4.55. The van der Waals surface area contributed by atoms with Crippen molar-refractivity contribution in [2.75, 3.05) is 25.0 Å². The summed E-state index contributed by atoms with van der Waals surface area (Å²) in [6.07, 6.45) is 8.11. The molecule has 0 unspecified atom stereocenters. The number of benzene rings is 1. The van der Waals surface area contributed by atoms with Gasteiger partial charge in [0.2, 0.25) is 17.7 Å². The molecule has 51 heavy (non-hydrogen) atoms. The maximum atomic E-state index is 14.4. The van der Waals surface area contributed by atoms with E-state index < -0.39 is 35.3 Å². The third-order valence-corrected chi connectivity index (χ3v) is 10.4. The van der Waals surface area contributed by atoms with E-state index in [-0.39, 0.29) is 30.1 Å². The predicted molar refractivity (Wildman–Crippen MR) is 191 cm³/mol. The number of amides is 2. The van der Waals surface area contributed by atoms with Gasteiger partial charge < -0.3 is 29.7 Å². The molecule has 2 aliphatic heterocycles. The molecule has 1 aromatic carbocycles. The van der Waals surface area contributed by atoms with Crippen molar-refractivity contribution in [2.24, 2.45) is 17.3 Å². The molecule has 2 fully saturated rings. The van der Waals surface area contributed by atoms with Gasteiger partial charge in [-0.2, -0.15) is 0 Å². The first kappa shape index (κ1) is 36.2. The van der Waals surface area contributed by atoms with Gasteiger partial charge in [0.25, 0.3) is 0 Å². The van der Waals surface area contributed by atoms with Crippen LogP contribution in [0.15, 0.2) is 36.7 Å². The summed E-state index contributed by atoms with van der Waals surface area (Å²) in [6.45, 7) is 12.2. The van der Waals surface area contributed by atoms with Gasteiger partial charge in [-0.3, -0.25) is 9.59 Å². The normalized spacial score (nSPS) is 27.2. The molecular formula is C38H51N7O6. The summed E-state index contributed by atoms with van der Waals surface area (Å²) in [5.41, 5.74) is 0.912. The van der Waals surface area contributed by atoms with Crippen molar-refractivity contribution in [1.82, 2.24) is 30.2 Å². The average molecular weight is 702 g/mol. The standard InChI is InChI=1S/C38H51N7O6/c1-7-26-30-22-45(31(26)23(2)46)34(47)32(37(3,4)5)44-36(48)51-38(6)21-24(38)12-9-8-10-13-28-33(50-30)43-29-20-25(14-15-27(29)42-28)49-19-18-41-35-39-16-11-17-40-35/h11,14-17,20,24,26,30-32H,7-10,12-13,18-19,21-22H2,1-6H3,(H,44,48)(H,39,40,41)/t24-,26-,30+,31-,32-,38-/m1/s1. The number of hydrogen-bond donors (Lipinski definition) is 2. The highest BCUT2D eigenvalue weighted by Gasteiger charge is 2.54. The molecule has 1 saturated carbocycles. The molecule has 2 bridgehead atoms. The van der Waals surface area contributed by atoms with Crippen LogP contribution in [-0.4, -0.2) is 86.1 Å². The SMILES string of the molecule is CC[C@@H]1[C@@H]2CN(C(=O)[C@H](C(C)(C)C)NC(=O)O[C@]3(C)C[C@H]3CCCCCc3nc4ccc(OCCNc5ncccn5)cc4nc3O2)[C@@H]1C(C)=O. The molecule has 0 spiro atoms. The Morgan fingerprint density at radius 2 is 1.90 bits per heavy atom. The highest BCUT2D eigenvalue weighted by Crippen LogP contribution is 2.49. The number of carbonyl (C=O) groups excluding carboxylic acids is 3. The van der Waals surface area contributed by atoms with Crippen LogP contribution in [0.3, 0.4) is 0 Å². The highest BCUT2D eigenvalue weighted by atomic mass is 16.6. The van der Waals surface area contributed by atoms with E-state index >= 15 is 0 Å². The van der Waals surface area contributed by atoms with Crippen LogP contribution in [0.5, 0.6) is 11.6 Å². The number of Topliss-reactive ketones (excluding diaryl/α,β-unsaturated/α-hetero) is 1. The van der Waals surface area contributed by atoms with Gasteiger partial charge in [0, 0.05) is 30.3 Å². The van der Waals surface area contributed by atoms with Crippen LogP contribution in [0.2, 0.25) is 0 Å². The van der Waals surface area contributed by atoms with Crippen LogP contribution in [0, 0.1) is 17.3 Å². The second kappa shape index (κ2) is 15.0. The molecule has 4 heterocycles. The van der Waals surface area contributed by atoms with Crippen molar-refractivity contribution in [3.05, 3.63) is 42.4 Å². The maximum Gasteiger partial charge on any atom is 0.408 e. The summed E-state index contributed by atoms with van der Waals surface area (Å²) in [5.74, 6) is 1.11. The number of nitrogens with one attached hydrogen (secondary N) is 2. The van der Waals surface area contributed by atoms with Gasteiger partial charge >= 0.3 is 6.09 Å². The van der Waals surface area contributed by atoms with Gasteiger partial charge in [-0.25, -0.2) is 24.7 Å². The van der Waals surface area contributed by atoms with Gasteiger partial charge in [0.05, 0.1) is 30.2 Å². The quantitative estimate of drug-likeness (QED) is 0.299. The molecular weight excluding hydrogens is 650 g/mol. The number of aryl methyl sites for hydroxylation is 1. The summed E-state index contributed by atoms with van der Waals surface area (Å²) >= 11 is 0. The molecule has 13 nitrogen and oxygen atoms in total. The lowest BCUT2D eigenvalue weighted by molar-refractivity contribution is -0.141. The van der Waals surface area contributed by atoms with Gasteiger partial charge in [-0.15, -0.1) is 0 Å². The van der Waals surface area contributed by atoms with E-state index in [0.717, 1.165) is 43.3 Å². The second-order valence-electron chi connectivity index (χ2n) is 15.4. The van der Waals surface area contributed by atoms with Crippen LogP contribution in [0.4, 0.5) is 10.7 Å². The molecule has 1 saturated heterocycles. The fourth-order valence-corrected chi connectivity index (χ4v) is 7.50. The molecule has 1 aliphatic carbocycles. The van der Waals surface area contributed by atoms with Gasteiger partial charge in [0.15, 0.2) is 5.78 Å². The summed E-state index contributed by atoms with van der Waals surface area (Å²) < 4.78 is 18.7. The van der Waals surface area contributed by atoms with E-state index in [1.807, 2.05) is 52.8 Å². The van der Waals surface area contributed by atoms with Crippen molar-refractivity contribution in [1.29, 1.82) is 0 Å². The molecule has 2 amide bonds. The lowest BCUT2D eigenvalue weighted by Crippen LogP contribution is -2.57. The zero-order valence-corrected chi connectivity index (χ0v) is 30.6. The number of aromatic nitrogens is 4. The minimum Gasteiger partial charge on any atom is -0.492 e. The van der Waals surface area contributed by atoms with Crippen LogP contribution in [-0.2, 0) is 20.7 Å². The predicted octanol–water partition coefficient (Wildman–Crippen LogP) is 5.52. The average Bonchev–Trinajstić information content (AvgIpc) is 3.56. The molecule has 3 aromatic rings. The van der Waals surface area contributed by atoms with Crippen molar-refractivity contribution in [2.45, 2.75) is 110 Å². The van der Waals surface area contributed by atoms with Crippen LogP contribution in [0.1, 0.15) is 85.8 Å². The van der Waals surface area contributed by atoms with E-state index in [2.05, 4.69) is 20.6 Å². The van der Waals surface area contributed by atoms with E-state index in [1.165, 1.54) is 6.92 Å². The zero-order valence-electron chi connectivity index (χ0n) is 30.6. The number of alkyl carbamates (subject to hydrolysis) is 1. The smallest absolute Gasteiger partial charge is 0.408 e. The summed E-state index contributed by atoms with van der Waals surface area (Å²) in [5, 5.41) is 6.02. The first-order valence-corrected chi connectivity index (χ1v) is 18.3. The first-order chi connectivity index (χ1) is 24.4. The van der Waals surface area contributed by atoms with E-state index in [4.69, 9.17) is 24.2 Å². The minimum absolute atomic E-state index is 0.129. The lowest BCUT2D eigenvalue weighted by atomic mass is 9.85. The monoisotopic (exact) mass is 701 g/mol. The van der Waals surface area contributed by atoms with E-state index in [0.29, 0.717) is 49.1 Å². The Balaban J connectivity index is 1.29. The number of rotatable bonds is 7. The Bertz CT molecular complexity index is 1730. The topological polar surface area (TPSA) is 158 Å². The number of ether oxygens (including phenoxy) is 3. The van der Waals surface area contributed by atoms with E-state index in [1.54, 1.807) is 23.4 Å². The van der Waals surface area contributed by atoms with Gasteiger partial charge in [0.1, 0.15) is 35.8 Å². The minimum atomic E-state index is -0.910. The Morgan fingerprint density at radius 3 is 2.63 bits per heavy atom. The third kappa shape index (κ3) is 8.34.